The third-order valence-corrected chi connectivity index (χ3v) is 3.98. The lowest BCUT2D eigenvalue weighted by molar-refractivity contribution is 0.387. The molecule has 1 fully saturated rings. The van der Waals surface area contributed by atoms with Crippen molar-refractivity contribution in [1.82, 2.24) is 19.4 Å². The highest BCUT2D eigenvalue weighted by Gasteiger charge is 2.27. The van der Waals surface area contributed by atoms with Crippen LogP contribution in [0.5, 0.6) is 0 Å². The largest absolute Gasteiger partial charge is 0.353 e. The number of hydrogen-bond donors (Lipinski definition) is 1. The maximum absolute atomic E-state index is 4.16. The van der Waals surface area contributed by atoms with Crippen molar-refractivity contribution in [3.05, 3.63) is 42.7 Å². The first-order valence-corrected chi connectivity index (χ1v) is 6.65. The number of nitrogens with one attached hydrogen (secondary N) is 1. The molecule has 2 unspecified atom stereocenters. The molecule has 18 heavy (non-hydrogen) atoms. The molecule has 0 aliphatic heterocycles. The van der Waals surface area contributed by atoms with Crippen LogP contribution in [-0.4, -0.2) is 20.2 Å². The second kappa shape index (κ2) is 4.98. The van der Waals surface area contributed by atoms with E-state index in [1.165, 1.54) is 25.0 Å². The van der Waals surface area contributed by atoms with Crippen LogP contribution >= 0.6 is 0 Å². The Balaban J connectivity index is 1.64. The van der Waals surface area contributed by atoms with E-state index in [1.54, 1.807) is 0 Å². The number of nitrogens with zero attached hydrogens (tertiary/aromatic N) is 3. The summed E-state index contributed by atoms with van der Waals surface area (Å²) in [5, 5.41) is 3.69. The van der Waals surface area contributed by atoms with Crippen LogP contribution in [0.15, 0.2) is 37.1 Å². The summed E-state index contributed by atoms with van der Waals surface area (Å²) in [6, 6.07) is 5.40. The molecule has 2 aromatic rings. The Bertz CT molecular complexity index is 486. The fourth-order valence-electron chi connectivity index (χ4n) is 2.92. The minimum atomic E-state index is 0.563. The van der Waals surface area contributed by atoms with Crippen molar-refractivity contribution in [2.45, 2.75) is 37.9 Å². The summed E-state index contributed by atoms with van der Waals surface area (Å²) in [5.41, 5.74) is 1.34. The Hall–Kier alpha value is -1.55. The molecule has 96 valence electrons. The highest BCUT2D eigenvalue weighted by molar-refractivity contribution is 5.06. The van der Waals surface area contributed by atoms with Crippen molar-refractivity contribution in [2.24, 2.45) is 7.05 Å². The highest BCUT2D eigenvalue weighted by Crippen LogP contribution is 2.30. The maximum atomic E-state index is 4.16. The van der Waals surface area contributed by atoms with Gasteiger partial charge in [-0.25, -0.2) is 4.98 Å². The molecular formula is C14H20N4. The average Bonchev–Trinajstić information content (AvgIpc) is 3.07. The minimum Gasteiger partial charge on any atom is -0.353 e. The third kappa shape index (κ3) is 2.20. The Morgan fingerprint density at radius 2 is 2.33 bits per heavy atom. The number of aromatic nitrogens is 3. The van der Waals surface area contributed by atoms with Gasteiger partial charge < -0.3 is 14.5 Å². The molecule has 1 saturated carbocycles. The summed E-state index contributed by atoms with van der Waals surface area (Å²) < 4.78 is 4.42. The zero-order chi connectivity index (χ0) is 12.4. The summed E-state index contributed by atoms with van der Waals surface area (Å²) >= 11 is 0. The van der Waals surface area contributed by atoms with Gasteiger partial charge in [0.1, 0.15) is 0 Å². The van der Waals surface area contributed by atoms with Crippen LogP contribution in [0.1, 0.15) is 31.0 Å². The maximum Gasteiger partial charge on any atom is 0.0949 e. The zero-order valence-corrected chi connectivity index (χ0v) is 10.8. The van der Waals surface area contributed by atoms with Crippen molar-refractivity contribution >= 4 is 0 Å². The quantitative estimate of drug-likeness (QED) is 0.894. The molecule has 2 heterocycles. The summed E-state index contributed by atoms with van der Waals surface area (Å²) in [7, 11) is 2.10. The summed E-state index contributed by atoms with van der Waals surface area (Å²) in [4.78, 5) is 4.16. The van der Waals surface area contributed by atoms with Gasteiger partial charge >= 0.3 is 0 Å². The van der Waals surface area contributed by atoms with E-state index in [0.29, 0.717) is 12.1 Å². The van der Waals surface area contributed by atoms with E-state index in [4.69, 9.17) is 0 Å². The molecule has 0 spiro atoms. The molecule has 2 aromatic heterocycles. The van der Waals surface area contributed by atoms with E-state index in [2.05, 4.69) is 51.0 Å². The van der Waals surface area contributed by atoms with Crippen LogP contribution in [0, 0.1) is 0 Å². The van der Waals surface area contributed by atoms with Crippen LogP contribution in [0.4, 0.5) is 0 Å². The van der Waals surface area contributed by atoms with E-state index in [1.807, 2.05) is 12.5 Å². The second-order valence-electron chi connectivity index (χ2n) is 5.11. The first-order valence-electron chi connectivity index (χ1n) is 6.65. The molecule has 1 aliphatic rings. The smallest absolute Gasteiger partial charge is 0.0949 e. The van der Waals surface area contributed by atoms with Gasteiger partial charge in [0.25, 0.3) is 0 Å². The SMILES string of the molecule is Cn1cccc1CNC1CCCC1n1ccnc1. The van der Waals surface area contributed by atoms with Crippen LogP contribution in [-0.2, 0) is 13.6 Å². The van der Waals surface area contributed by atoms with Gasteiger partial charge in [0, 0.05) is 50.0 Å². The lowest BCUT2D eigenvalue weighted by Gasteiger charge is -2.22. The molecule has 4 nitrogen and oxygen atoms in total. The van der Waals surface area contributed by atoms with Gasteiger partial charge in [-0.05, 0) is 31.4 Å². The van der Waals surface area contributed by atoms with Gasteiger partial charge in [0.2, 0.25) is 0 Å². The number of aryl methyl sites for hydroxylation is 1. The third-order valence-electron chi connectivity index (χ3n) is 3.98. The first kappa shape index (κ1) is 11.5. The summed E-state index contributed by atoms with van der Waals surface area (Å²) in [5.74, 6) is 0. The highest BCUT2D eigenvalue weighted by atomic mass is 15.1. The van der Waals surface area contributed by atoms with E-state index in [-0.39, 0.29) is 0 Å². The Labute approximate surface area is 108 Å². The predicted molar refractivity (Wildman–Crippen MR) is 71.2 cm³/mol. The topological polar surface area (TPSA) is 34.8 Å². The molecule has 3 rings (SSSR count). The molecule has 0 radical (unpaired) electrons. The average molecular weight is 244 g/mol. The van der Waals surface area contributed by atoms with Gasteiger partial charge in [-0.3, -0.25) is 0 Å². The molecule has 1 N–H and O–H groups in total. The van der Waals surface area contributed by atoms with Crippen molar-refractivity contribution < 1.29 is 0 Å². The fourth-order valence-corrected chi connectivity index (χ4v) is 2.92. The van der Waals surface area contributed by atoms with Crippen LogP contribution in [0.25, 0.3) is 0 Å². The standard InChI is InChI=1S/C14H20N4/c1-17-8-3-4-12(17)10-16-13-5-2-6-14(13)18-9-7-15-11-18/h3-4,7-9,11,13-14,16H,2,5-6,10H2,1H3. The Morgan fingerprint density at radius 1 is 1.39 bits per heavy atom. The molecule has 4 heteroatoms. The minimum absolute atomic E-state index is 0.563. The Morgan fingerprint density at radius 3 is 3.06 bits per heavy atom. The first-order chi connectivity index (χ1) is 8.84. The van der Waals surface area contributed by atoms with E-state index in [0.717, 1.165) is 6.54 Å². The summed E-state index contributed by atoms with van der Waals surface area (Å²) in [6.45, 7) is 0.944. The molecule has 2 atom stereocenters. The lowest BCUT2D eigenvalue weighted by Crippen LogP contribution is -2.33. The van der Waals surface area contributed by atoms with Gasteiger partial charge in [-0.1, -0.05) is 0 Å². The Kier molecular flexibility index (Phi) is 3.19. The lowest BCUT2D eigenvalue weighted by atomic mass is 10.1. The van der Waals surface area contributed by atoms with Crippen molar-refractivity contribution in [3.8, 4) is 0 Å². The van der Waals surface area contributed by atoms with E-state index in [9.17, 15) is 0 Å². The molecular weight excluding hydrogens is 224 g/mol. The molecule has 0 amide bonds. The van der Waals surface area contributed by atoms with Crippen LogP contribution < -0.4 is 5.32 Å². The summed E-state index contributed by atoms with van der Waals surface area (Å²) in [6.07, 6.45) is 11.8. The zero-order valence-electron chi connectivity index (χ0n) is 10.8. The van der Waals surface area contributed by atoms with Gasteiger partial charge in [-0.2, -0.15) is 0 Å². The van der Waals surface area contributed by atoms with Gasteiger partial charge in [0.15, 0.2) is 0 Å². The van der Waals surface area contributed by atoms with E-state index < -0.39 is 0 Å². The normalized spacial score (nSPS) is 23.6. The van der Waals surface area contributed by atoms with Crippen molar-refractivity contribution in [2.75, 3.05) is 0 Å². The van der Waals surface area contributed by atoms with Gasteiger partial charge in [0.05, 0.1) is 6.33 Å². The predicted octanol–water partition coefficient (Wildman–Crippen LogP) is 2.10. The van der Waals surface area contributed by atoms with Crippen LogP contribution in [0.2, 0.25) is 0 Å². The fraction of sp³-hybridized carbons (Fsp3) is 0.500. The molecule has 0 bridgehead atoms. The van der Waals surface area contributed by atoms with Gasteiger partial charge in [-0.15, -0.1) is 0 Å². The molecule has 0 aromatic carbocycles. The molecule has 1 aliphatic carbocycles. The van der Waals surface area contributed by atoms with Crippen LogP contribution in [0.3, 0.4) is 0 Å². The number of hydrogen-bond acceptors (Lipinski definition) is 2. The van der Waals surface area contributed by atoms with Crippen molar-refractivity contribution in [3.63, 3.8) is 0 Å². The monoisotopic (exact) mass is 244 g/mol. The number of imidazole rings is 1. The second-order valence-corrected chi connectivity index (χ2v) is 5.11. The number of rotatable bonds is 4. The molecule has 0 saturated heterocycles. The van der Waals surface area contributed by atoms with Crippen molar-refractivity contribution in [1.29, 1.82) is 0 Å². The van der Waals surface area contributed by atoms with E-state index >= 15 is 0 Å².